The third kappa shape index (κ3) is 4.60. The molecule has 1 saturated heterocycles. The summed E-state index contributed by atoms with van der Waals surface area (Å²) in [7, 11) is 1.60. The summed E-state index contributed by atoms with van der Waals surface area (Å²) in [5.74, 6) is 0.924. The van der Waals surface area contributed by atoms with Gasteiger partial charge in [0, 0.05) is 55.2 Å². The van der Waals surface area contributed by atoms with E-state index in [0.29, 0.717) is 17.5 Å². The molecule has 2 N–H and O–H groups in total. The highest BCUT2D eigenvalue weighted by molar-refractivity contribution is 6.30. The zero-order valence-electron chi connectivity index (χ0n) is 16.5. The number of halogens is 1. The third-order valence-electron chi connectivity index (χ3n) is 4.92. The average Bonchev–Trinajstić information content (AvgIpc) is 2.79. The second kappa shape index (κ2) is 8.96. The summed E-state index contributed by atoms with van der Waals surface area (Å²) in [6.45, 7) is 3.34. The Labute approximate surface area is 179 Å². The van der Waals surface area contributed by atoms with Crippen molar-refractivity contribution >= 4 is 40.8 Å². The van der Waals surface area contributed by atoms with Crippen LogP contribution >= 0.6 is 11.6 Å². The second-order valence-corrected chi connectivity index (χ2v) is 7.28. The molecule has 0 saturated carbocycles. The first-order valence-corrected chi connectivity index (χ1v) is 10.0. The first kappa shape index (κ1) is 19.9. The number of aromatic nitrogens is 3. The van der Waals surface area contributed by atoms with Crippen molar-refractivity contribution in [2.75, 3.05) is 48.3 Å². The molecule has 8 nitrogen and oxygen atoms in total. The molecular weight excluding hydrogens is 402 g/mol. The fourth-order valence-electron chi connectivity index (χ4n) is 3.33. The maximum atomic E-state index is 11.8. The van der Waals surface area contributed by atoms with Gasteiger partial charge >= 0.3 is 0 Å². The van der Waals surface area contributed by atoms with Gasteiger partial charge in [-0.25, -0.2) is 9.97 Å². The minimum Gasteiger partial charge on any atom is -0.368 e. The maximum Gasteiger partial charge on any atom is 0.251 e. The zero-order chi connectivity index (χ0) is 20.9. The summed E-state index contributed by atoms with van der Waals surface area (Å²) in [6.07, 6.45) is 1.50. The van der Waals surface area contributed by atoms with Crippen LogP contribution in [0.25, 0.3) is 0 Å². The van der Waals surface area contributed by atoms with Gasteiger partial charge in [0.15, 0.2) is 0 Å². The van der Waals surface area contributed by atoms with Gasteiger partial charge in [-0.2, -0.15) is 4.98 Å². The van der Waals surface area contributed by atoms with Gasteiger partial charge in [0.25, 0.3) is 5.91 Å². The van der Waals surface area contributed by atoms with E-state index in [4.69, 9.17) is 11.6 Å². The molecule has 154 valence electrons. The third-order valence-corrected chi connectivity index (χ3v) is 5.17. The predicted octanol–water partition coefficient (Wildman–Crippen LogP) is 2.95. The van der Waals surface area contributed by atoms with Crippen LogP contribution in [0.4, 0.5) is 23.3 Å². The van der Waals surface area contributed by atoms with Crippen LogP contribution in [0.3, 0.4) is 0 Å². The molecule has 1 aliphatic rings. The van der Waals surface area contributed by atoms with Crippen molar-refractivity contribution in [3.05, 3.63) is 65.4 Å². The summed E-state index contributed by atoms with van der Waals surface area (Å²) in [5, 5.41) is 6.51. The number of nitrogens with one attached hydrogen (secondary N) is 2. The minimum absolute atomic E-state index is 0.145. The van der Waals surface area contributed by atoms with E-state index in [9.17, 15) is 4.79 Å². The second-order valence-electron chi connectivity index (χ2n) is 6.84. The number of rotatable bonds is 5. The molecule has 9 heteroatoms. The summed E-state index contributed by atoms with van der Waals surface area (Å²) < 4.78 is 0. The van der Waals surface area contributed by atoms with Crippen LogP contribution in [-0.2, 0) is 0 Å². The number of hydrogen-bond donors (Lipinski definition) is 2. The van der Waals surface area contributed by atoms with Crippen molar-refractivity contribution in [3.8, 4) is 0 Å². The smallest absolute Gasteiger partial charge is 0.251 e. The van der Waals surface area contributed by atoms with Crippen LogP contribution in [0.15, 0.2) is 54.9 Å². The van der Waals surface area contributed by atoms with Gasteiger partial charge in [0.05, 0.1) is 0 Å². The van der Waals surface area contributed by atoms with Crippen LogP contribution in [0, 0.1) is 0 Å². The highest BCUT2D eigenvalue weighted by atomic mass is 35.5. The highest BCUT2D eigenvalue weighted by Crippen LogP contribution is 2.21. The molecule has 0 aliphatic carbocycles. The highest BCUT2D eigenvalue weighted by Gasteiger charge is 2.20. The molecule has 0 unspecified atom stereocenters. The van der Waals surface area contributed by atoms with Crippen molar-refractivity contribution in [1.29, 1.82) is 0 Å². The molecule has 30 heavy (non-hydrogen) atoms. The molecule has 2 aromatic carbocycles. The van der Waals surface area contributed by atoms with Crippen molar-refractivity contribution in [1.82, 2.24) is 20.3 Å². The van der Waals surface area contributed by atoms with E-state index < -0.39 is 0 Å². The molecule has 3 aromatic rings. The Kier molecular flexibility index (Phi) is 5.94. The lowest BCUT2D eigenvalue weighted by Crippen LogP contribution is -2.47. The number of nitrogens with zero attached hydrogens (tertiary/aromatic N) is 5. The largest absolute Gasteiger partial charge is 0.368 e. The molecule has 4 rings (SSSR count). The normalized spacial score (nSPS) is 13.8. The van der Waals surface area contributed by atoms with Gasteiger partial charge in [-0.1, -0.05) is 17.7 Å². The molecule has 0 radical (unpaired) electrons. The molecule has 1 aromatic heterocycles. The van der Waals surface area contributed by atoms with E-state index in [2.05, 4.69) is 35.4 Å². The minimum atomic E-state index is -0.145. The summed E-state index contributed by atoms with van der Waals surface area (Å²) in [6, 6.07) is 15.1. The lowest BCUT2D eigenvalue weighted by Gasteiger charge is -2.36. The fourth-order valence-corrected chi connectivity index (χ4v) is 3.45. The van der Waals surface area contributed by atoms with Gasteiger partial charge in [-0.3, -0.25) is 4.79 Å². The molecule has 1 fully saturated rings. The predicted molar refractivity (Wildman–Crippen MR) is 119 cm³/mol. The SMILES string of the molecule is CNC(=O)c1cccc(Nc2ncnc(N3CCN(c4ccc(Cl)cc4)CC3)n2)c1. The van der Waals surface area contributed by atoms with Crippen LogP contribution in [0.5, 0.6) is 0 Å². The first-order valence-electron chi connectivity index (χ1n) is 9.66. The van der Waals surface area contributed by atoms with Gasteiger partial charge in [-0.15, -0.1) is 0 Å². The Bertz CT molecular complexity index is 1020. The zero-order valence-corrected chi connectivity index (χ0v) is 17.3. The lowest BCUT2D eigenvalue weighted by atomic mass is 10.2. The molecule has 1 amide bonds. The topological polar surface area (TPSA) is 86.3 Å². The van der Waals surface area contributed by atoms with Crippen molar-refractivity contribution < 1.29 is 4.79 Å². The Morgan fingerprint density at radius 3 is 2.47 bits per heavy atom. The summed E-state index contributed by atoms with van der Waals surface area (Å²) in [4.78, 5) is 29.4. The van der Waals surface area contributed by atoms with E-state index in [0.717, 1.165) is 42.6 Å². The quantitative estimate of drug-likeness (QED) is 0.652. The Balaban J connectivity index is 1.42. The van der Waals surface area contributed by atoms with Gasteiger partial charge in [-0.05, 0) is 42.5 Å². The average molecular weight is 424 g/mol. The Morgan fingerprint density at radius 2 is 1.73 bits per heavy atom. The Morgan fingerprint density at radius 1 is 1.00 bits per heavy atom. The monoisotopic (exact) mass is 423 g/mol. The Hall–Kier alpha value is -3.39. The molecule has 0 bridgehead atoms. The lowest BCUT2D eigenvalue weighted by molar-refractivity contribution is 0.0963. The fraction of sp³-hybridized carbons (Fsp3) is 0.238. The first-order chi connectivity index (χ1) is 14.6. The molecule has 0 spiro atoms. The van der Waals surface area contributed by atoms with E-state index in [-0.39, 0.29) is 5.91 Å². The van der Waals surface area contributed by atoms with Crippen molar-refractivity contribution in [2.45, 2.75) is 0 Å². The molecule has 0 atom stereocenters. The van der Waals surface area contributed by atoms with Crippen molar-refractivity contribution in [3.63, 3.8) is 0 Å². The van der Waals surface area contributed by atoms with E-state index in [1.54, 1.807) is 19.2 Å². The van der Waals surface area contributed by atoms with E-state index >= 15 is 0 Å². The van der Waals surface area contributed by atoms with Gasteiger partial charge < -0.3 is 20.4 Å². The maximum absolute atomic E-state index is 11.8. The standard InChI is InChI=1S/C21H22ClN7O/c1-23-19(30)15-3-2-4-17(13-15)26-20-24-14-25-21(27-20)29-11-9-28(10-12-29)18-7-5-16(22)6-8-18/h2-8,13-14H,9-12H2,1H3,(H,23,30)(H,24,25,26,27). The van der Waals surface area contributed by atoms with Crippen LogP contribution < -0.4 is 20.4 Å². The number of piperazine rings is 1. The number of benzene rings is 2. The van der Waals surface area contributed by atoms with E-state index in [1.807, 2.05) is 36.4 Å². The number of hydrogen-bond acceptors (Lipinski definition) is 7. The molecule has 1 aliphatic heterocycles. The molecule has 2 heterocycles. The van der Waals surface area contributed by atoms with Crippen LogP contribution in [0.1, 0.15) is 10.4 Å². The number of carbonyl (C=O) groups is 1. The van der Waals surface area contributed by atoms with Crippen LogP contribution in [-0.4, -0.2) is 54.1 Å². The van der Waals surface area contributed by atoms with E-state index in [1.165, 1.54) is 6.33 Å². The van der Waals surface area contributed by atoms with Crippen molar-refractivity contribution in [2.24, 2.45) is 0 Å². The van der Waals surface area contributed by atoms with Gasteiger partial charge in [0.2, 0.25) is 11.9 Å². The summed E-state index contributed by atoms with van der Waals surface area (Å²) in [5.41, 5.74) is 2.46. The van der Waals surface area contributed by atoms with Crippen LogP contribution in [0.2, 0.25) is 5.02 Å². The number of amides is 1. The summed E-state index contributed by atoms with van der Waals surface area (Å²) >= 11 is 5.98. The number of carbonyl (C=O) groups excluding carboxylic acids is 1. The number of anilines is 4. The van der Waals surface area contributed by atoms with Gasteiger partial charge in [0.1, 0.15) is 6.33 Å². The molecular formula is C21H22ClN7O.